The lowest BCUT2D eigenvalue weighted by Gasteiger charge is -2.35. The Hall–Kier alpha value is -2.09. The topological polar surface area (TPSA) is 75.4 Å². The van der Waals surface area contributed by atoms with Gasteiger partial charge in [0.2, 0.25) is 17.6 Å². The third-order valence-corrected chi connectivity index (χ3v) is 7.00. The summed E-state index contributed by atoms with van der Waals surface area (Å²) in [5.74, 6) is 3.25. The van der Waals surface area contributed by atoms with Crippen molar-refractivity contribution in [2.45, 2.75) is 50.7 Å². The zero-order valence-electron chi connectivity index (χ0n) is 17.2. The van der Waals surface area contributed by atoms with Gasteiger partial charge in [0.1, 0.15) is 5.82 Å². The fraction of sp³-hybridized carbons (Fsp3) is 0.619. The standard InChI is InChI=1S/C21H29N5O2S/c1-15(2)21-23-20(24-28-21)16-7-8-18(22-13-16)25-9-11-26(12-10-25)19(27)14-29-17-5-3-4-6-17/h7-8,13,15,17H,3-6,9-12,14H2,1-2H3. The van der Waals surface area contributed by atoms with E-state index in [4.69, 9.17) is 4.52 Å². The van der Waals surface area contributed by atoms with E-state index in [1.807, 2.05) is 42.6 Å². The highest BCUT2D eigenvalue weighted by atomic mass is 32.2. The summed E-state index contributed by atoms with van der Waals surface area (Å²) >= 11 is 1.85. The number of carbonyl (C=O) groups is 1. The van der Waals surface area contributed by atoms with Gasteiger partial charge in [0.15, 0.2) is 0 Å². The van der Waals surface area contributed by atoms with E-state index in [-0.39, 0.29) is 11.8 Å². The van der Waals surface area contributed by atoms with Crippen molar-refractivity contribution in [2.75, 3.05) is 36.8 Å². The molecule has 0 spiro atoms. The number of rotatable bonds is 6. The Balaban J connectivity index is 1.28. The first-order valence-corrected chi connectivity index (χ1v) is 11.6. The monoisotopic (exact) mass is 415 g/mol. The van der Waals surface area contributed by atoms with Gasteiger partial charge in [-0.1, -0.05) is 31.8 Å². The van der Waals surface area contributed by atoms with Gasteiger partial charge in [-0.3, -0.25) is 4.79 Å². The predicted octanol–water partition coefficient (Wildman–Crippen LogP) is 3.58. The normalized spacial score (nSPS) is 18.0. The summed E-state index contributed by atoms with van der Waals surface area (Å²) in [6.45, 7) is 7.19. The molecular weight excluding hydrogens is 386 g/mol. The molecule has 0 bridgehead atoms. The van der Waals surface area contributed by atoms with E-state index in [0.29, 0.717) is 22.7 Å². The molecule has 1 aliphatic heterocycles. The molecule has 1 saturated carbocycles. The SMILES string of the molecule is CC(C)c1nc(-c2ccc(N3CCN(C(=O)CSC4CCCC4)CC3)nc2)no1. The zero-order valence-corrected chi connectivity index (χ0v) is 18.0. The molecule has 4 rings (SSSR count). The van der Waals surface area contributed by atoms with E-state index in [0.717, 1.165) is 37.6 Å². The van der Waals surface area contributed by atoms with Crippen LogP contribution in [-0.2, 0) is 4.79 Å². The maximum absolute atomic E-state index is 12.5. The van der Waals surface area contributed by atoms with Crippen molar-refractivity contribution in [2.24, 2.45) is 0 Å². The van der Waals surface area contributed by atoms with Crippen molar-refractivity contribution < 1.29 is 9.32 Å². The van der Waals surface area contributed by atoms with Crippen molar-refractivity contribution in [3.05, 3.63) is 24.2 Å². The van der Waals surface area contributed by atoms with Crippen LogP contribution in [-0.4, -0.2) is 63.1 Å². The third kappa shape index (κ3) is 4.91. The van der Waals surface area contributed by atoms with Gasteiger partial charge >= 0.3 is 0 Å². The van der Waals surface area contributed by atoms with E-state index in [1.165, 1.54) is 25.7 Å². The van der Waals surface area contributed by atoms with Crippen LogP contribution in [0.2, 0.25) is 0 Å². The Morgan fingerprint density at radius 3 is 2.59 bits per heavy atom. The molecule has 2 aliphatic rings. The number of amides is 1. The van der Waals surface area contributed by atoms with E-state index in [2.05, 4.69) is 20.0 Å². The second-order valence-electron chi connectivity index (χ2n) is 8.10. The van der Waals surface area contributed by atoms with Crippen molar-refractivity contribution in [3.63, 3.8) is 0 Å². The van der Waals surface area contributed by atoms with Crippen LogP contribution in [0.25, 0.3) is 11.4 Å². The van der Waals surface area contributed by atoms with Crippen molar-refractivity contribution in [3.8, 4) is 11.4 Å². The van der Waals surface area contributed by atoms with Gasteiger partial charge in [-0.15, -0.1) is 11.8 Å². The highest BCUT2D eigenvalue weighted by Gasteiger charge is 2.24. The molecule has 29 heavy (non-hydrogen) atoms. The Morgan fingerprint density at radius 1 is 1.21 bits per heavy atom. The lowest BCUT2D eigenvalue weighted by atomic mass is 10.2. The van der Waals surface area contributed by atoms with Gasteiger partial charge in [-0.2, -0.15) is 4.98 Å². The van der Waals surface area contributed by atoms with E-state index >= 15 is 0 Å². The lowest BCUT2D eigenvalue weighted by Crippen LogP contribution is -2.49. The molecule has 0 unspecified atom stereocenters. The zero-order chi connectivity index (χ0) is 20.2. The number of hydrogen-bond acceptors (Lipinski definition) is 7. The highest BCUT2D eigenvalue weighted by Crippen LogP contribution is 2.29. The summed E-state index contributed by atoms with van der Waals surface area (Å²) in [6.07, 6.45) is 6.98. The summed E-state index contributed by atoms with van der Waals surface area (Å²) in [7, 11) is 0. The second-order valence-corrected chi connectivity index (χ2v) is 9.39. The molecule has 3 heterocycles. The molecule has 8 heteroatoms. The van der Waals surface area contributed by atoms with Gasteiger partial charge in [0.25, 0.3) is 0 Å². The van der Waals surface area contributed by atoms with Gasteiger partial charge in [0.05, 0.1) is 5.75 Å². The minimum absolute atomic E-state index is 0.207. The quantitative estimate of drug-likeness (QED) is 0.714. The number of carbonyl (C=O) groups excluding carboxylic acids is 1. The number of anilines is 1. The van der Waals surface area contributed by atoms with Crippen molar-refractivity contribution in [1.82, 2.24) is 20.0 Å². The summed E-state index contributed by atoms with van der Waals surface area (Å²) in [5.41, 5.74) is 0.849. The third-order valence-electron chi connectivity index (χ3n) is 5.64. The van der Waals surface area contributed by atoms with Gasteiger partial charge in [0, 0.05) is 49.1 Å². The predicted molar refractivity (Wildman–Crippen MR) is 115 cm³/mol. The fourth-order valence-corrected chi connectivity index (χ4v) is 5.04. The molecule has 1 saturated heterocycles. The molecule has 1 amide bonds. The number of aromatic nitrogens is 3. The van der Waals surface area contributed by atoms with Crippen LogP contribution < -0.4 is 4.90 Å². The Labute approximate surface area is 176 Å². The van der Waals surface area contributed by atoms with Crippen LogP contribution in [0, 0.1) is 0 Å². The first-order valence-electron chi connectivity index (χ1n) is 10.5. The van der Waals surface area contributed by atoms with Crippen LogP contribution in [0.5, 0.6) is 0 Å². The molecule has 1 aliphatic carbocycles. The first-order chi connectivity index (χ1) is 14.1. The molecule has 0 aromatic carbocycles. The van der Waals surface area contributed by atoms with Crippen LogP contribution in [0.1, 0.15) is 51.3 Å². The molecule has 0 N–H and O–H groups in total. The Kier molecular flexibility index (Phi) is 6.37. The number of piperazine rings is 1. The maximum Gasteiger partial charge on any atom is 0.232 e. The van der Waals surface area contributed by atoms with Crippen LogP contribution in [0.15, 0.2) is 22.9 Å². The molecule has 2 aromatic heterocycles. The number of hydrogen-bond donors (Lipinski definition) is 0. The maximum atomic E-state index is 12.5. The van der Waals surface area contributed by atoms with Gasteiger partial charge < -0.3 is 14.3 Å². The largest absolute Gasteiger partial charge is 0.353 e. The Bertz CT molecular complexity index is 809. The van der Waals surface area contributed by atoms with E-state index < -0.39 is 0 Å². The molecule has 0 atom stereocenters. The smallest absolute Gasteiger partial charge is 0.232 e. The van der Waals surface area contributed by atoms with Crippen LogP contribution in [0.4, 0.5) is 5.82 Å². The van der Waals surface area contributed by atoms with Crippen LogP contribution in [0.3, 0.4) is 0 Å². The fourth-order valence-electron chi connectivity index (χ4n) is 3.81. The molecule has 156 valence electrons. The van der Waals surface area contributed by atoms with Crippen molar-refractivity contribution in [1.29, 1.82) is 0 Å². The second kappa shape index (κ2) is 9.15. The number of pyridine rings is 1. The minimum atomic E-state index is 0.207. The summed E-state index contributed by atoms with van der Waals surface area (Å²) in [4.78, 5) is 25.7. The van der Waals surface area contributed by atoms with E-state index in [1.54, 1.807) is 6.20 Å². The summed E-state index contributed by atoms with van der Waals surface area (Å²) < 4.78 is 5.28. The van der Waals surface area contributed by atoms with Crippen LogP contribution >= 0.6 is 11.8 Å². The van der Waals surface area contributed by atoms with Crippen molar-refractivity contribution >= 4 is 23.5 Å². The molecule has 2 fully saturated rings. The first kappa shape index (κ1) is 20.2. The average molecular weight is 416 g/mol. The minimum Gasteiger partial charge on any atom is -0.353 e. The average Bonchev–Trinajstić information content (AvgIpc) is 3.44. The number of thioether (sulfide) groups is 1. The molecule has 2 aromatic rings. The lowest BCUT2D eigenvalue weighted by molar-refractivity contribution is -0.128. The number of nitrogens with zero attached hydrogens (tertiary/aromatic N) is 5. The Morgan fingerprint density at radius 2 is 1.97 bits per heavy atom. The molecular formula is C21H29N5O2S. The summed E-state index contributed by atoms with van der Waals surface area (Å²) in [5, 5.41) is 4.73. The summed E-state index contributed by atoms with van der Waals surface area (Å²) in [6, 6.07) is 3.97. The highest BCUT2D eigenvalue weighted by molar-refractivity contribution is 8.00. The van der Waals surface area contributed by atoms with Gasteiger partial charge in [-0.25, -0.2) is 4.98 Å². The van der Waals surface area contributed by atoms with Gasteiger partial charge in [-0.05, 0) is 25.0 Å². The van der Waals surface area contributed by atoms with E-state index in [9.17, 15) is 4.79 Å². The molecule has 0 radical (unpaired) electrons. The molecule has 7 nitrogen and oxygen atoms in total.